The van der Waals surface area contributed by atoms with Crippen molar-refractivity contribution in [3.05, 3.63) is 96.9 Å². The van der Waals surface area contributed by atoms with Gasteiger partial charge >= 0.3 is 0 Å². The Labute approximate surface area is 229 Å². The van der Waals surface area contributed by atoms with E-state index in [1.807, 2.05) is 68.6 Å². The average Bonchev–Trinajstić information content (AvgIpc) is 2.89. The van der Waals surface area contributed by atoms with E-state index in [-0.39, 0.29) is 6.42 Å². The van der Waals surface area contributed by atoms with E-state index in [4.69, 9.17) is 0 Å². The van der Waals surface area contributed by atoms with Crippen LogP contribution in [0.5, 0.6) is 0 Å². The van der Waals surface area contributed by atoms with Crippen LogP contribution in [0.25, 0.3) is 0 Å². The maximum absolute atomic E-state index is 13.7. The van der Waals surface area contributed by atoms with Crippen LogP contribution in [-0.2, 0) is 0 Å². The molecule has 202 valence electrons. The molecule has 0 bridgehead atoms. The molecule has 0 aliphatic rings. The quantitative estimate of drug-likeness (QED) is 0.123. The SMILES string of the molecule is C=CC(=C\C=C/CC)/C(=C/CC(C)(F)F)CN(C)NC(=NC=NC)Nc1ccc(Sc2ccncc2)cc1. The first-order chi connectivity index (χ1) is 18.2. The summed E-state index contributed by atoms with van der Waals surface area (Å²) in [5.74, 6) is -2.38. The summed E-state index contributed by atoms with van der Waals surface area (Å²) in [6.45, 7) is 7.15. The van der Waals surface area contributed by atoms with E-state index in [1.54, 1.807) is 48.4 Å². The van der Waals surface area contributed by atoms with Gasteiger partial charge in [-0.25, -0.2) is 18.8 Å². The first-order valence-corrected chi connectivity index (χ1v) is 13.0. The molecule has 0 unspecified atom stereocenters. The lowest BCUT2D eigenvalue weighted by Crippen LogP contribution is -2.44. The molecule has 0 fully saturated rings. The van der Waals surface area contributed by atoms with Crippen molar-refractivity contribution in [2.24, 2.45) is 9.98 Å². The number of nitrogens with one attached hydrogen (secondary N) is 2. The number of rotatable bonds is 13. The van der Waals surface area contributed by atoms with Crippen molar-refractivity contribution in [3.63, 3.8) is 0 Å². The number of pyridine rings is 1. The summed E-state index contributed by atoms with van der Waals surface area (Å²) in [6.07, 6.45) is 14.5. The van der Waals surface area contributed by atoms with Crippen molar-refractivity contribution in [2.75, 3.05) is 26.0 Å². The van der Waals surface area contributed by atoms with Gasteiger partial charge in [-0.1, -0.05) is 55.6 Å². The van der Waals surface area contributed by atoms with Gasteiger partial charge < -0.3 is 5.32 Å². The largest absolute Gasteiger partial charge is 0.325 e. The minimum Gasteiger partial charge on any atom is -0.325 e. The first kappa shape index (κ1) is 30.7. The van der Waals surface area contributed by atoms with Crippen molar-refractivity contribution in [3.8, 4) is 0 Å². The van der Waals surface area contributed by atoms with Gasteiger partial charge in [-0.3, -0.25) is 15.4 Å². The predicted octanol–water partition coefficient (Wildman–Crippen LogP) is 7.15. The molecule has 0 radical (unpaired) electrons. The third-order valence-corrected chi connectivity index (χ3v) is 5.97. The van der Waals surface area contributed by atoms with Crippen LogP contribution in [-0.4, -0.2) is 48.9 Å². The van der Waals surface area contributed by atoms with Crippen molar-refractivity contribution >= 4 is 29.7 Å². The van der Waals surface area contributed by atoms with E-state index in [1.165, 1.54) is 6.34 Å². The smallest absolute Gasteiger partial charge is 0.248 e. The van der Waals surface area contributed by atoms with Crippen LogP contribution in [0.4, 0.5) is 14.5 Å². The second kappa shape index (κ2) is 16.3. The number of aliphatic imine (C=N–C) groups is 2. The molecular formula is C29H36F2N6S. The number of nitrogens with zero attached hydrogens (tertiary/aromatic N) is 4. The lowest BCUT2D eigenvalue weighted by molar-refractivity contribution is 0.0252. The summed E-state index contributed by atoms with van der Waals surface area (Å²) >= 11 is 1.64. The van der Waals surface area contributed by atoms with Gasteiger partial charge in [0.2, 0.25) is 11.9 Å². The molecule has 2 aromatic rings. The standard InChI is InChI=1S/C29H36F2N6S/c1-6-8-9-10-23(7-2)24(15-18-29(3,30)31)21-37(5)36-28(34-22-32-4)35-25-11-13-26(14-12-25)38-27-16-19-33-20-17-27/h7-17,19-20,22H,2,6,18,21H2,1,3-5H3,(H2,32,34,35,36)/b9-8-,23-10+,24-15+. The van der Waals surface area contributed by atoms with E-state index >= 15 is 0 Å². The number of hydrogen-bond donors (Lipinski definition) is 2. The third-order valence-electron chi connectivity index (χ3n) is 4.95. The highest BCUT2D eigenvalue weighted by Gasteiger charge is 2.20. The number of likely N-dealkylation sites (N-methyl/N-ethyl adjacent to an activating group) is 1. The fourth-order valence-electron chi connectivity index (χ4n) is 3.16. The van der Waals surface area contributed by atoms with E-state index in [2.05, 4.69) is 32.3 Å². The Bertz CT molecular complexity index is 1150. The molecule has 1 aromatic heterocycles. The summed E-state index contributed by atoms with van der Waals surface area (Å²) in [5, 5.41) is 5.02. The summed E-state index contributed by atoms with van der Waals surface area (Å²) in [4.78, 5) is 14.5. The van der Waals surface area contributed by atoms with Gasteiger partial charge in [-0.2, -0.15) is 0 Å². The highest BCUT2D eigenvalue weighted by molar-refractivity contribution is 7.99. The summed E-state index contributed by atoms with van der Waals surface area (Å²) in [6, 6.07) is 11.9. The second-order valence-electron chi connectivity index (χ2n) is 8.42. The molecule has 2 N–H and O–H groups in total. The monoisotopic (exact) mass is 538 g/mol. The van der Waals surface area contributed by atoms with Crippen LogP contribution in [0.3, 0.4) is 0 Å². The minimum atomic E-state index is -2.81. The number of alkyl halides is 2. The number of benzene rings is 1. The topological polar surface area (TPSA) is 64.9 Å². The molecule has 1 heterocycles. The normalized spacial score (nSPS) is 13.5. The zero-order valence-electron chi connectivity index (χ0n) is 22.4. The molecule has 1 aromatic carbocycles. The fourth-order valence-corrected chi connectivity index (χ4v) is 3.96. The Morgan fingerprint density at radius 3 is 2.45 bits per heavy atom. The van der Waals surface area contributed by atoms with Crippen molar-refractivity contribution in [1.82, 2.24) is 15.4 Å². The van der Waals surface area contributed by atoms with Gasteiger partial charge in [0.25, 0.3) is 0 Å². The van der Waals surface area contributed by atoms with Crippen LogP contribution in [0, 0.1) is 0 Å². The van der Waals surface area contributed by atoms with Gasteiger partial charge in [-0.05, 0) is 60.9 Å². The Balaban J connectivity index is 2.16. The second-order valence-corrected chi connectivity index (χ2v) is 9.57. The van der Waals surface area contributed by atoms with Gasteiger partial charge in [0.1, 0.15) is 6.34 Å². The highest BCUT2D eigenvalue weighted by Crippen LogP contribution is 2.28. The van der Waals surface area contributed by atoms with Crippen LogP contribution in [0.1, 0.15) is 26.7 Å². The highest BCUT2D eigenvalue weighted by atomic mass is 32.2. The van der Waals surface area contributed by atoms with Gasteiger partial charge in [0.05, 0.1) is 0 Å². The zero-order valence-corrected chi connectivity index (χ0v) is 23.2. The fraction of sp³-hybridized carbons (Fsp3) is 0.276. The molecule has 0 aliphatic carbocycles. The molecule has 9 heteroatoms. The van der Waals surface area contributed by atoms with Crippen molar-refractivity contribution in [2.45, 2.75) is 42.4 Å². The van der Waals surface area contributed by atoms with Gasteiger partial charge in [0, 0.05) is 54.9 Å². The molecule has 6 nitrogen and oxygen atoms in total. The van der Waals surface area contributed by atoms with Crippen LogP contribution < -0.4 is 10.7 Å². The Morgan fingerprint density at radius 2 is 1.84 bits per heavy atom. The molecule has 2 rings (SSSR count). The number of allylic oxidation sites excluding steroid dienone is 5. The average molecular weight is 539 g/mol. The molecule has 0 saturated carbocycles. The summed E-state index contributed by atoms with van der Waals surface area (Å²) < 4.78 is 27.3. The Hall–Kier alpha value is -3.56. The molecule has 38 heavy (non-hydrogen) atoms. The third kappa shape index (κ3) is 12.1. The first-order valence-electron chi connectivity index (χ1n) is 12.2. The molecule has 0 saturated heterocycles. The number of aromatic nitrogens is 1. The number of halogens is 2. The van der Waals surface area contributed by atoms with Crippen LogP contribution >= 0.6 is 11.8 Å². The summed E-state index contributed by atoms with van der Waals surface area (Å²) in [7, 11) is 3.45. The van der Waals surface area contributed by atoms with Crippen molar-refractivity contribution in [1.29, 1.82) is 0 Å². The molecule has 0 atom stereocenters. The number of hydrazine groups is 1. The van der Waals surface area contributed by atoms with Gasteiger partial charge in [-0.15, -0.1) is 0 Å². The molecular weight excluding hydrogens is 502 g/mol. The van der Waals surface area contributed by atoms with Crippen LogP contribution in [0.2, 0.25) is 0 Å². The van der Waals surface area contributed by atoms with E-state index in [0.29, 0.717) is 12.5 Å². The predicted molar refractivity (Wildman–Crippen MR) is 157 cm³/mol. The Morgan fingerprint density at radius 1 is 1.16 bits per heavy atom. The molecule has 0 amide bonds. The number of hydrogen-bond acceptors (Lipinski definition) is 4. The lowest BCUT2D eigenvalue weighted by Gasteiger charge is -2.23. The van der Waals surface area contributed by atoms with E-state index < -0.39 is 5.92 Å². The summed E-state index contributed by atoms with van der Waals surface area (Å²) in [5.41, 5.74) is 5.51. The zero-order chi connectivity index (χ0) is 27.8. The number of anilines is 1. The maximum Gasteiger partial charge on any atom is 0.248 e. The van der Waals surface area contributed by atoms with E-state index in [0.717, 1.165) is 40.0 Å². The Kier molecular flexibility index (Phi) is 13.2. The molecule has 0 spiro atoms. The van der Waals surface area contributed by atoms with Crippen LogP contribution in [0.15, 0.2) is 117 Å². The number of guanidine groups is 1. The van der Waals surface area contributed by atoms with Crippen molar-refractivity contribution < 1.29 is 8.78 Å². The van der Waals surface area contributed by atoms with Gasteiger partial charge in [0.15, 0.2) is 0 Å². The molecule has 0 aliphatic heterocycles. The minimum absolute atomic E-state index is 0.333. The maximum atomic E-state index is 13.7. The lowest BCUT2D eigenvalue weighted by atomic mass is 10.0. The van der Waals surface area contributed by atoms with E-state index in [9.17, 15) is 8.78 Å².